The van der Waals surface area contributed by atoms with Crippen LogP contribution in [0.25, 0.3) is 0 Å². The van der Waals surface area contributed by atoms with Gasteiger partial charge in [0.15, 0.2) is 0 Å². The summed E-state index contributed by atoms with van der Waals surface area (Å²) in [5.41, 5.74) is 6.85. The maximum Gasteiger partial charge on any atom is 0.230 e. The molecular formula is C13H11BrClN3O. The van der Waals surface area contributed by atoms with Crippen molar-refractivity contribution >= 4 is 33.4 Å². The Balaban J connectivity index is 2.44. The summed E-state index contributed by atoms with van der Waals surface area (Å²) < 4.78 is 6.51. The first kappa shape index (κ1) is 13.8. The van der Waals surface area contributed by atoms with E-state index in [-0.39, 0.29) is 11.7 Å². The lowest BCUT2D eigenvalue weighted by Crippen LogP contribution is -2.14. The molecule has 1 aromatic heterocycles. The molecule has 2 aromatic rings. The molecule has 0 fully saturated rings. The SMILES string of the molecule is Cc1ccnc(Oc2ccc(Br)cc2Cl)c1C(=N)N. The predicted molar refractivity (Wildman–Crippen MR) is 79.2 cm³/mol. The smallest absolute Gasteiger partial charge is 0.230 e. The van der Waals surface area contributed by atoms with Crippen molar-refractivity contribution in [2.24, 2.45) is 5.73 Å². The van der Waals surface area contributed by atoms with Crippen LogP contribution in [-0.2, 0) is 0 Å². The number of hydrogen-bond donors (Lipinski definition) is 2. The standard InChI is InChI=1S/C13H11BrClN3O/c1-7-4-5-18-13(11(7)12(16)17)19-10-3-2-8(14)6-9(10)15/h2-6H,1H3,(H3,16,17). The molecule has 0 unspecified atom stereocenters. The molecule has 4 nitrogen and oxygen atoms in total. The third-order valence-electron chi connectivity index (χ3n) is 2.49. The van der Waals surface area contributed by atoms with Crippen LogP contribution in [0.5, 0.6) is 11.6 Å². The Morgan fingerprint density at radius 3 is 2.79 bits per heavy atom. The second kappa shape index (κ2) is 5.59. The molecule has 19 heavy (non-hydrogen) atoms. The first-order valence-corrected chi connectivity index (χ1v) is 6.59. The molecule has 0 aliphatic carbocycles. The van der Waals surface area contributed by atoms with Crippen LogP contribution in [0, 0.1) is 12.3 Å². The zero-order valence-corrected chi connectivity index (χ0v) is 12.4. The maximum absolute atomic E-state index is 7.59. The van der Waals surface area contributed by atoms with E-state index < -0.39 is 0 Å². The summed E-state index contributed by atoms with van der Waals surface area (Å²) in [6.45, 7) is 1.84. The molecule has 0 aliphatic heterocycles. The van der Waals surface area contributed by atoms with E-state index in [0.29, 0.717) is 16.3 Å². The second-order valence-corrected chi connectivity index (χ2v) is 5.22. The highest BCUT2D eigenvalue weighted by atomic mass is 79.9. The van der Waals surface area contributed by atoms with Gasteiger partial charge in [0, 0.05) is 10.7 Å². The number of ether oxygens (including phenoxy) is 1. The number of rotatable bonds is 3. The Kier molecular flexibility index (Phi) is 4.07. The number of nitrogens with zero attached hydrogens (tertiary/aromatic N) is 1. The Labute approximate surface area is 124 Å². The van der Waals surface area contributed by atoms with Gasteiger partial charge in [0.25, 0.3) is 0 Å². The van der Waals surface area contributed by atoms with E-state index in [2.05, 4.69) is 20.9 Å². The van der Waals surface area contributed by atoms with E-state index in [1.807, 2.05) is 13.0 Å². The van der Waals surface area contributed by atoms with Crippen LogP contribution in [-0.4, -0.2) is 10.8 Å². The van der Waals surface area contributed by atoms with Gasteiger partial charge in [-0.2, -0.15) is 0 Å². The zero-order valence-electron chi connectivity index (χ0n) is 10.1. The fourth-order valence-electron chi connectivity index (χ4n) is 1.60. The van der Waals surface area contributed by atoms with Gasteiger partial charge in [0.1, 0.15) is 11.6 Å². The van der Waals surface area contributed by atoms with E-state index in [1.54, 1.807) is 24.4 Å². The highest BCUT2D eigenvalue weighted by Gasteiger charge is 2.13. The summed E-state index contributed by atoms with van der Waals surface area (Å²) in [5, 5.41) is 8.04. The largest absolute Gasteiger partial charge is 0.437 e. The number of hydrogen-bond acceptors (Lipinski definition) is 3. The predicted octanol–water partition coefficient (Wildman–Crippen LogP) is 3.88. The van der Waals surface area contributed by atoms with Crippen LogP contribution in [0.15, 0.2) is 34.9 Å². The van der Waals surface area contributed by atoms with Crippen molar-refractivity contribution < 1.29 is 4.74 Å². The van der Waals surface area contributed by atoms with Crippen LogP contribution in [0.3, 0.4) is 0 Å². The minimum absolute atomic E-state index is 0.0890. The highest BCUT2D eigenvalue weighted by molar-refractivity contribution is 9.10. The fraction of sp³-hybridized carbons (Fsp3) is 0.0769. The number of halogens is 2. The molecule has 1 heterocycles. The molecule has 0 atom stereocenters. The summed E-state index contributed by atoms with van der Waals surface area (Å²) in [6, 6.07) is 7.03. The number of nitrogen functional groups attached to an aromatic ring is 1. The number of nitrogens with one attached hydrogen (secondary N) is 1. The van der Waals surface area contributed by atoms with Gasteiger partial charge in [-0.1, -0.05) is 27.5 Å². The van der Waals surface area contributed by atoms with Gasteiger partial charge in [-0.15, -0.1) is 0 Å². The first-order chi connectivity index (χ1) is 8.99. The van der Waals surface area contributed by atoms with E-state index in [0.717, 1.165) is 10.0 Å². The molecule has 1 aromatic carbocycles. The lowest BCUT2D eigenvalue weighted by molar-refractivity contribution is 0.461. The quantitative estimate of drug-likeness (QED) is 0.658. The molecule has 98 valence electrons. The van der Waals surface area contributed by atoms with Gasteiger partial charge in [-0.05, 0) is 36.8 Å². The van der Waals surface area contributed by atoms with Crippen LogP contribution < -0.4 is 10.5 Å². The average molecular weight is 341 g/mol. The van der Waals surface area contributed by atoms with Crippen molar-refractivity contribution in [3.05, 3.63) is 51.1 Å². The third kappa shape index (κ3) is 3.05. The van der Waals surface area contributed by atoms with Gasteiger partial charge in [-0.3, -0.25) is 5.41 Å². The van der Waals surface area contributed by atoms with Crippen LogP contribution in [0.1, 0.15) is 11.1 Å². The van der Waals surface area contributed by atoms with E-state index in [4.69, 9.17) is 27.5 Å². The highest BCUT2D eigenvalue weighted by Crippen LogP contribution is 2.32. The van der Waals surface area contributed by atoms with Crippen LogP contribution in [0.2, 0.25) is 5.02 Å². The monoisotopic (exact) mass is 339 g/mol. The van der Waals surface area contributed by atoms with Crippen molar-refractivity contribution in [3.63, 3.8) is 0 Å². The summed E-state index contributed by atoms with van der Waals surface area (Å²) in [6.07, 6.45) is 1.60. The van der Waals surface area contributed by atoms with Gasteiger partial charge >= 0.3 is 0 Å². The molecule has 0 aliphatic rings. The first-order valence-electron chi connectivity index (χ1n) is 5.42. The molecule has 0 saturated heterocycles. The summed E-state index contributed by atoms with van der Waals surface area (Å²) >= 11 is 9.40. The van der Waals surface area contributed by atoms with E-state index >= 15 is 0 Å². The molecule has 0 bridgehead atoms. The topological polar surface area (TPSA) is 72.0 Å². The molecule has 0 radical (unpaired) electrons. The third-order valence-corrected chi connectivity index (χ3v) is 3.28. The van der Waals surface area contributed by atoms with Crippen molar-refractivity contribution in [3.8, 4) is 11.6 Å². The Bertz CT molecular complexity index is 646. The fourth-order valence-corrected chi connectivity index (χ4v) is 2.31. The molecule has 0 saturated carbocycles. The molecule has 0 amide bonds. The summed E-state index contributed by atoms with van der Waals surface area (Å²) in [4.78, 5) is 4.11. The van der Waals surface area contributed by atoms with Crippen molar-refractivity contribution in [1.82, 2.24) is 4.98 Å². The van der Waals surface area contributed by atoms with Gasteiger partial charge < -0.3 is 10.5 Å². The number of amidine groups is 1. The number of nitrogens with two attached hydrogens (primary N) is 1. The van der Waals surface area contributed by atoms with Crippen LogP contribution in [0.4, 0.5) is 0 Å². The van der Waals surface area contributed by atoms with Crippen molar-refractivity contribution in [2.75, 3.05) is 0 Å². The molecule has 3 N–H and O–H groups in total. The van der Waals surface area contributed by atoms with E-state index in [1.165, 1.54) is 0 Å². The normalized spacial score (nSPS) is 10.3. The number of pyridine rings is 1. The average Bonchev–Trinajstić information content (AvgIpc) is 2.32. The molecular weight excluding hydrogens is 330 g/mol. The lowest BCUT2D eigenvalue weighted by Gasteiger charge is -2.12. The number of benzene rings is 1. The molecule has 0 spiro atoms. The minimum Gasteiger partial charge on any atom is -0.437 e. The Morgan fingerprint density at radius 2 is 2.16 bits per heavy atom. The summed E-state index contributed by atoms with van der Waals surface area (Å²) in [7, 11) is 0. The molecule has 2 rings (SSSR count). The zero-order chi connectivity index (χ0) is 14.0. The maximum atomic E-state index is 7.59. The number of aryl methyl sites for hydroxylation is 1. The lowest BCUT2D eigenvalue weighted by atomic mass is 10.1. The second-order valence-electron chi connectivity index (χ2n) is 3.90. The minimum atomic E-state index is -0.0890. The number of aromatic nitrogens is 1. The van der Waals surface area contributed by atoms with Crippen molar-refractivity contribution in [1.29, 1.82) is 5.41 Å². The van der Waals surface area contributed by atoms with Gasteiger partial charge in [0.2, 0.25) is 5.88 Å². The van der Waals surface area contributed by atoms with Gasteiger partial charge in [0.05, 0.1) is 10.6 Å². The van der Waals surface area contributed by atoms with Crippen LogP contribution >= 0.6 is 27.5 Å². The summed E-state index contributed by atoms with van der Waals surface area (Å²) in [5.74, 6) is 0.649. The molecule has 6 heteroatoms. The Hall–Kier alpha value is -1.59. The van der Waals surface area contributed by atoms with Gasteiger partial charge in [-0.25, -0.2) is 4.98 Å². The Morgan fingerprint density at radius 1 is 1.42 bits per heavy atom. The van der Waals surface area contributed by atoms with Crippen molar-refractivity contribution in [2.45, 2.75) is 6.92 Å². The van der Waals surface area contributed by atoms with E-state index in [9.17, 15) is 0 Å².